The van der Waals surface area contributed by atoms with Gasteiger partial charge in [0.05, 0.1) is 6.61 Å². The monoisotopic (exact) mass is 242 g/mol. The van der Waals surface area contributed by atoms with Gasteiger partial charge in [-0.15, -0.1) is 0 Å². The summed E-state index contributed by atoms with van der Waals surface area (Å²) in [5, 5.41) is 3.60. The molecule has 0 spiro atoms. The normalized spacial score (nSPS) is 26.5. The predicted molar refractivity (Wildman–Crippen MR) is 73.4 cm³/mol. The summed E-state index contributed by atoms with van der Waals surface area (Å²) >= 11 is 0. The first-order valence-electron chi connectivity index (χ1n) is 7.03. The van der Waals surface area contributed by atoms with E-state index in [9.17, 15) is 0 Å². The summed E-state index contributed by atoms with van der Waals surface area (Å²) in [6.45, 7) is 13.1. The van der Waals surface area contributed by atoms with Crippen molar-refractivity contribution in [2.45, 2.75) is 52.1 Å². The Morgan fingerprint density at radius 1 is 1.35 bits per heavy atom. The molecule has 102 valence electrons. The van der Waals surface area contributed by atoms with Gasteiger partial charge < -0.3 is 15.0 Å². The Kier molecular flexibility index (Phi) is 5.90. The van der Waals surface area contributed by atoms with Crippen LogP contribution in [0.2, 0.25) is 0 Å². The van der Waals surface area contributed by atoms with Crippen molar-refractivity contribution in [2.24, 2.45) is 5.92 Å². The molecular weight excluding hydrogens is 212 g/mol. The van der Waals surface area contributed by atoms with Crippen LogP contribution in [0.25, 0.3) is 0 Å². The van der Waals surface area contributed by atoms with Crippen LogP contribution in [-0.4, -0.2) is 49.8 Å². The van der Waals surface area contributed by atoms with Gasteiger partial charge in [-0.05, 0) is 40.3 Å². The van der Waals surface area contributed by atoms with E-state index < -0.39 is 0 Å². The van der Waals surface area contributed by atoms with Crippen LogP contribution in [0, 0.1) is 5.92 Å². The van der Waals surface area contributed by atoms with Crippen LogP contribution in [0.1, 0.15) is 40.5 Å². The fraction of sp³-hybridized carbons (Fsp3) is 1.00. The van der Waals surface area contributed by atoms with Crippen LogP contribution in [0.5, 0.6) is 0 Å². The van der Waals surface area contributed by atoms with Gasteiger partial charge in [-0.2, -0.15) is 0 Å². The molecular formula is C14H30N2O. The molecule has 3 nitrogen and oxygen atoms in total. The van der Waals surface area contributed by atoms with Gasteiger partial charge in [-0.1, -0.05) is 13.8 Å². The first-order chi connectivity index (χ1) is 8.01. The molecule has 1 aliphatic rings. The molecule has 0 amide bonds. The molecule has 1 heterocycles. The standard InChI is InChI=1S/C14H30N2O/c1-6-14(3,4)16(5)10-12-11-17-9-8-13(12)15-7-2/h12-13,15H,6-11H2,1-5H3. The Morgan fingerprint density at radius 2 is 2.06 bits per heavy atom. The van der Waals surface area contributed by atoms with E-state index in [2.05, 4.69) is 45.0 Å². The largest absolute Gasteiger partial charge is 0.381 e. The van der Waals surface area contributed by atoms with E-state index in [-0.39, 0.29) is 5.54 Å². The lowest BCUT2D eigenvalue weighted by Crippen LogP contribution is -2.51. The third-order valence-electron chi connectivity index (χ3n) is 4.35. The summed E-state index contributed by atoms with van der Waals surface area (Å²) < 4.78 is 5.64. The third kappa shape index (κ3) is 4.23. The van der Waals surface area contributed by atoms with Gasteiger partial charge in [0.15, 0.2) is 0 Å². The number of hydrogen-bond acceptors (Lipinski definition) is 3. The van der Waals surface area contributed by atoms with Crippen molar-refractivity contribution in [1.29, 1.82) is 0 Å². The van der Waals surface area contributed by atoms with Crippen molar-refractivity contribution < 1.29 is 4.74 Å². The maximum Gasteiger partial charge on any atom is 0.0521 e. The number of hydrogen-bond donors (Lipinski definition) is 1. The second kappa shape index (κ2) is 6.72. The van der Waals surface area contributed by atoms with Gasteiger partial charge in [0, 0.05) is 30.7 Å². The SMILES string of the molecule is CCNC1CCOCC1CN(C)C(C)(C)CC. The van der Waals surface area contributed by atoms with Gasteiger partial charge in [0.2, 0.25) is 0 Å². The lowest BCUT2D eigenvalue weighted by Gasteiger charge is -2.40. The molecule has 0 aromatic rings. The van der Waals surface area contributed by atoms with E-state index in [1.807, 2.05) is 0 Å². The average Bonchev–Trinajstić information content (AvgIpc) is 2.32. The maximum atomic E-state index is 5.64. The van der Waals surface area contributed by atoms with E-state index in [1.165, 1.54) is 6.42 Å². The van der Waals surface area contributed by atoms with Gasteiger partial charge >= 0.3 is 0 Å². The Bertz CT molecular complexity index is 216. The van der Waals surface area contributed by atoms with Gasteiger partial charge in [0.25, 0.3) is 0 Å². The summed E-state index contributed by atoms with van der Waals surface area (Å²) in [4.78, 5) is 2.48. The highest BCUT2D eigenvalue weighted by Gasteiger charge is 2.30. The average molecular weight is 242 g/mol. The quantitative estimate of drug-likeness (QED) is 0.772. The maximum absolute atomic E-state index is 5.64. The van der Waals surface area contributed by atoms with Crippen LogP contribution < -0.4 is 5.32 Å². The molecule has 17 heavy (non-hydrogen) atoms. The molecule has 1 saturated heterocycles. The van der Waals surface area contributed by atoms with Crippen LogP contribution in [0.4, 0.5) is 0 Å². The molecule has 0 aliphatic carbocycles. The number of rotatable bonds is 6. The molecule has 1 fully saturated rings. The van der Waals surface area contributed by atoms with Gasteiger partial charge in [0.1, 0.15) is 0 Å². The molecule has 0 radical (unpaired) electrons. The minimum absolute atomic E-state index is 0.286. The lowest BCUT2D eigenvalue weighted by atomic mass is 9.92. The van der Waals surface area contributed by atoms with E-state index >= 15 is 0 Å². The summed E-state index contributed by atoms with van der Waals surface area (Å²) in [7, 11) is 2.24. The minimum Gasteiger partial charge on any atom is -0.381 e. The second-order valence-corrected chi connectivity index (χ2v) is 5.83. The van der Waals surface area contributed by atoms with Crippen LogP contribution >= 0.6 is 0 Å². The zero-order chi connectivity index (χ0) is 12.9. The molecule has 2 unspecified atom stereocenters. The fourth-order valence-corrected chi connectivity index (χ4v) is 2.38. The summed E-state index contributed by atoms with van der Waals surface area (Å²) in [5.74, 6) is 0.625. The van der Waals surface area contributed by atoms with Crippen molar-refractivity contribution in [3.63, 3.8) is 0 Å². The van der Waals surface area contributed by atoms with E-state index in [0.29, 0.717) is 12.0 Å². The minimum atomic E-state index is 0.286. The zero-order valence-corrected chi connectivity index (χ0v) is 12.3. The van der Waals surface area contributed by atoms with E-state index in [1.54, 1.807) is 0 Å². The molecule has 1 N–H and O–H groups in total. The highest BCUT2D eigenvalue weighted by Crippen LogP contribution is 2.22. The first kappa shape index (κ1) is 14.9. The number of ether oxygens (including phenoxy) is 1. The highest BCUT2D eigenvalue weighted by molar-refractivity contribution is 4.85. The zero-order valence-electron chi connectivity index (χ0n) is 12.3. The molecule has 1 rings (SSSR count). The topological polar surface area (TPSA) is 24.5 Å². The molecule has 0 aromatic heterocycles. The molecule has 3 heteroatoms. The molecule has 0 aromatic carbocycles. The predicted octanol–water partition coefficient (Wildman–Crippen LogP) is 2.12. The smallest absolute Gasteiger partial charge is 0.0521 e. The van der Waals surface area contributed by atoms with E-state index in [0.717, 1.165) is 32.7 Å². The Labute approximate surface area is 107 Å². The fourth-order valence-electron chi connectivity index (χ4n) is 2.38. The Hall–Kier alpha value is -0.120. The van der Waals surface area contributed by atoms with Gasteiger partial charge in [-0.3, -0.25) is 0 Å². The first-order valence-corrected chi connectivity index (χ1v) is 7.03. The summed E-state index contributed by atoms with van der Waals surface area (Å²) in [5.41, 5.74) is 0.286. The molecule has 1 aliphatic heterocycles. The van der Waals surface area contributed by atoms with Crippen molar-refractivity contribution in [3.8, 4) is 0 Å². The van der Waals surface area contributed by atoms with Crippen LogP contribution in [0.3, 0.4) is 0 Å². The molecule has 2 atom stereocenters. The third-order valence-corrected chi connectivity index (χ3v) is 4.35. The molecule has 0 bridgehead atoms. The Morgan fingerprint density at radius 3 is 2.65 bits per heavy atom. The number of nitrogens with one attached hydrogen (secondary N) is 1. The van der Waals surface area contributed by atoms with Crippen molar-refractivity contribution in [1.82, 2.24) is 10.2 Å². The van der Waals surface area contributed by atoms with Gasteiger partial charge in [-0.25, -0.2) is 0 Å². The highest BCUT2D eigenvalue weighted by atomic mass is 16.5. The van der Waals surface area contributed by atoms with Crippen LogP contribution in [-0.2, 0) is 4.74 Å². The van der Waals surface area contributed by atoms with Crippen molar-refractivity contribution >= 4 is 0 Å². The van der Waals surface area contributed by atoms with Crippen LogP contribution in [0.15, 0.2) is 0 Å². The van der Waals surface area contributed by atoms with Crippen molar-refractivity contribution in [2.75, 3.05) is 33.4 Å². The van der Waals surface area contributed by atoms with Crippen molar-refractivity contribution in [3.05, 3.63) is 0 Å². The summed E-state index contributed by atoms with van der Waals surface area (Å²) in [6.07, 6.45) is 2.34. The summed E-state index contributed by atoms with van der Waals surface area (Å²) in [6, 6.07) is 0.629. The molecule has 0 saturated carbocycles. The Balaban J connectivity index is 2.52. The lowest BCUT2D eigenvalue weighted by molar-refractivity contribution is 0.00555. The van der Waals surface area contributed by atoms with E-state index in [4.69, 9.17) is 4.74 Å². The number of nitrogens with zero attached hydrogens (tertiary/aromatic N) is 1. The second-order valence-electron chi connectivity index (χ2n) is 5.83.